The first-order chi connectivity index (χ1) is 13.1. The summed E-state index contributed by atoms with van der Waals surface area (Å²) in [5, 5.41) is 3.10. The van der Waals surface area contributed by atoms with Crippen LogP contribution in [-0.2, 0) is 11.2 Å². The highest BCUT2D eigenvalue weighted by Crippen LogP contribution is 2.32. The van der Waals surface area contributed by atoms with Crippen LogP contribution in [0, 0.1) is 6.92 Å². The predicted molar refractivity (Wildman–Crippen MR) is 106 cm³/mol. The van der Waals surface area contributed by atoms with Crippen LogP contribution < -0.4 is 9.64 Å². The Hall–Kier alpha value is -2.99. The van der Waals surface area contributed by atoms with Crippen LogP contribution in [-0.4, -0.2) is 30.3 Å². The molecule has 27 heavy (non-hydrogen) atoms. The number of aldehydes is 1. The molecule has 0 saturated carbocycles. The zero-order chi connectivity index (χ0) is 18.8. The number of ether oxygens (including phenoxy) is 1. The van der Waals surface area contributed by atoms with Crippen molar-refractivity contribution in [3.05, 3.63) is 64.0 Å². The summed E-state index contributed by atoms with van der Waals surface area (Å²) in [5.41, 5.74) is 4.73. The molecule has 0 spiro atoms. The Bertz CT molecular complexity index is 995. The maximum Gasteiger partial charge on any atom is 0.264 e. The number of aryl methyl sites for hydroxylation is 1. The van der Waals surface area contributed by atoms with E-state index in [1.54, 1.807) is 40.5 Å². The van der Waals surface area contributed by atoms with Crippen molar-refractivity contribution in [3.63, 3.8) is 0 Å². The van der Waals surface area contributed by atoms with Crippen LogP contribution in [0.25, 0.3) is 11.3 Å². The van der Waals surface area contributed by atoms with Gasteiger partial charge in [-0.3, -0.25) is 9.59 Å². The average Bonchev–Trinajstić information content (AvgIpc) is 3.32. The largest absolute Gasteiger partial charge is 0.484 e. The molecule has 3 aromatic rings. The molecule has 0 N–H and O–H groups in total. The Kier molecular flexibility index (Phi) is 4.73. The molecule has 2 aromatic carbocycles. The van der Waals surface area contributed by atoms with Crippen LogP contribution in [0.15, 0.2) is 47.8 Å². The molecule has 1 amide bonds. The lowest BCUT2D eigenvalue weighted by molar-refractivity contribution is -0.120. The first-order valence-electron chi connectivity index (χ1n) is 8.68. The summed E-state index contributed by atoms with van der Waals surface area (Å²) in [6.45, 7) is 2.61. The normalized spacial score (nSPS) is 12.7. The molecule has 0 radical (unpaired) electrons. The fraction of sp³-hybridized carbons (Fsp3) is 0.190. The fourth-order valence-electron chi connectivity index (χ4n) is 3.18. The van der Waals surface area contributed by atoms with E-state index in [1.807, 2.05) is 19.1 Å². The molecule has 1 aliphatic rings. The number of hydrogen-bond donors (Lipinski definition) is 0. The van der Waals surface area contributed by atoms with E-state index in [1.165, 1.54) is 0 Å². The minimum absolute atomic E-state index is 0.0348. The zero-order valence-corrected chi connectivity index (χ0v) is 15.7. The van der Waals surface area contributed by atoms with Gasteiger partial charge in [0.25, 0.3) is 5.91 Å². The Morgan fingerprint density at radius 2 is 2.07 bits per heavy atom. The lowest BCUT2D eigenvalue weighted by Gasteiger charge is -2.18. The molecule has 5 nitrogen and oxygen atoms in total. The van der Waals surface area contributed by atoms with E-state index < -0.39 is 0 Å². The van der Waals surface area contributed by atoms with Crippen LogP contribution >= 0.6 is 11.3 Å². The topological polar surface area (TPSA) is 59.5 Å². The lowest BCUT2D eigenvalue weighted by atomic mass is 10.1. The summed E-state index contributed by atoms with van der Waals surface area (Å²) in [6.07, 6.45) is 1.60. The second-order valence-electron chi connectivity index (χ2n) is 6.37. The molecule has 0 aliphatic carbocycles. The van der Waals surface area contributed by atoms with Gasteiger partial charge in [0.05, 0.1) is 10.7 Å². The van der Waals surface area contributed by atoms with Gasteiger partial charge in [-0.25, -0.2) is 4.98 Å². The molecule has 0 unspecified atom stereocenters. The van der Waals surface area contributed by atoms with E-state index in [4.69, 9.17) is 4.74 Å². The first-order valence-corrected chi connectivity index (χ1v) is 9.56. The number of fused-ring (bicyclic) bond motifs is 1. The highest BCUT2D eigenvalue weighted by atomic mass is 32.1. The number of nitrogens with zero attached hydrogens (tertiary/aromatic N) is 2. The fourth-order valence-corrected chi connectivity index (χ4v) is 3.80. The third-order valence-electron chi connectivity index (χ3n) is 4.57. The molecule has 0 bridgehead atoms. The Balaban J connectivity index is 1.45. The third-order valence-corrected chi connectivity index (χ3v) is 5.34. The van der Waals surface area contributed by atoms with Crippen LogP contribution in [0.1, 0.15) is 20.9 Å². The summed E-state index contributed by atoms with van der Waals surface area (Å²) in [4.78, 5) is 29.6. The number of hydrogen-bond acceptors (Lipinski definition) is 5. The minimum Gasteiger partial charge on any atom is -0.484 e. The quantitative estimate of drug-likeness (QED) is 0.632. The smallest absolute Gasteiger partial charge is 0.264 e. The Labute approximate surface area is 161 Å². The maximum atomic E-state index is 12.6. The second-order valence-corrected chi connectivity index (χ2v) is 7.43. The molecule has 136 valence electrons. The van der Waals surface area contributed by atoms with Gasteiger partial charge in [0.15, 0.2) is 6.61 Å². The van der Waals surface area contributed by atoms with Crippen molar-refractivity contribution in [2.75, 3.05) is 18.1 Å². The molecule has 4 rings (SSSR count). The molecule has 1 aliphatic heterocycles. The van der Waals surface area contributed by atoms with Crippen molar-refractivity contribution in [3.8, 4) is 17.0 Å². The van der Waals surface area contributed by atoms with Gasteiger partial charge in [0.1, 0.15) is 12.0 Å². The second kappa shape index (κ2) is 7.32. The molecule has 0 fully saturated rings. The predicted octanol–water partition coefficient (Wildman–Crippen LogP) is 3.90. The molecule has 2 heterocycles. The third kappa shape index (κ3) is 3.61. The highest BCUT2D eigenvalue weighted by Gasteiger charge is 2.25. The standard InChI is InChI=1S/C21H18N2O3S/c1-14-22-19(13-27-14)16-4-7-20-17(10-16)8-9-23(20)21(25)12-26-18-5-2-15(11-24)3-6-18/h2-7,10-11,13H,8-9,12H2,1H3. The average molecular weight is 378 g/mol. The van der Waals surface area contributed by atoms with Gasteiger partial charge in [-0.1, -0.05) is 6.07 Å². The van der Waals surface area contributed by atoms with E-state index in [9.17, 15) is 9.59 Å². The van der Waals surface area contributed by atoms with Crippen LogP contribution in [0.2, 0.25) is 0 Å². The number of aromatic nitrogens is 1. The van der Waals surface area contributed by atoms with E-state index >= 15 is 0 Å². The van der Waals surface area contributed by atoms with Gasteiger partial charge in [-0.05, 0) is 55.3 Å². The van der Waals surface area contributed by atoms with Crippen molar-refractivity contribution >= 4 is 29.2 Å². The van der Waals surface area contributed by atoms with E-state index in [0.717, 1.165) is 40.2 Å². The summed E-state index contributed by atoms with van der Waals surface area (Å²) in [7, 11) is 0. The van der Waals surface area contributed by atoms with Gasteiger partial charge < -0.3 is 9.64 Å². The van der Waals surface area contributed by atoms with Gasteiger partial charge in [0, 0.05) is 28.7 Å². The van der Waals surface area contributed by atoms with Crippen LogP contribution in [0.4, 0.5) is 5.69 Å². The SMILES string of the molecule is Cc1nc(-c2ccc3c(c2)CCN3C(=O)COc2ccc(C=O)cc2)cs1. The van der Waals surface area contributed by atoms with E-state index in [2.05, 4.69) is 16.4 Å². The van der Waals surface area contributed by atoms with Crippen molar-refractivity contribution in [2.24, 2.45) is 0 Å². The van der Waals surface area contributed by atoms with Crippen LogP contribution in [0.3, 0.4) is 0 Å². The number of carbonyl (C=O) groups excluding carboxylic acids is 2. The number of rotatable bonds is 5. The molecule has 1 aromatic heterocycles. The highest BCUT2D eigenvalue weighted by molar-refractivity contribution is 7.09. The molecule has 0 atom stereocenters. The number of thiazole rings is 1. The monoisotopic (exact) mass is 378 g/mol. The zero-order valence-electron chi connectivity index (χ0n) is 14.8. The Morgan fingerprint density at radius 1 is 1.26 bits per heavy atom. The van der Waals surface area contributed by atoms with Gasteiger partial charge in [-0.15, -0.1) is 11.3 Å². The summed E-state index contributed by atoms with van der Waals surface area (Å²) >= 11 is 1.63. The molecular formula is C21H18N2O3S. The number of anilines is 1. The Morgan fingerprint density at radius 3 is 2.78 bits per heavy atom. The van der Waals surface area contributed by atoms with Crippen LogP contribution in [0.5, 0.6) is 5.75 Å². The summed E-state index contributed by atoms with van der Waals surface area (Å²) < 4.78 is 5.57. The number of carbonyl (C=O) groups is 2. The number of amides is 1. The minimum atomic E-state index is -0.0783. The summed E-state index contributed by atoms with van der Waals surface area (Å²) in [5.74, 6) is 0.494. The maximum absolute atomic E-state index is 12.6. The molecular weight excluding hydrogens is 360 g/mol. The van der Waals surface area contributed by atoms with Crippen molar-refractivity contribution in [1.82, 2.24) is 4.98 Å². The molecule has 6 heteroatoms. The van der Waals surface area contributed by atoms with Crippen molar-refractivity contribution in [2.45, 2.75) is 13.3 Å². The van der Waals surface area contributed by atoms with Crippen molar-refractivity contribution < 1.29 is 14.3 Å². The van der Waals surface area contributed by atoms with E-state index in [0.29, 0.717) is 17.9 Å². The molecule has 0 saturated heterocycles. The van der Waals surface area contributed by atoms with Gasteiger partial charge >= 0.3 is 0 Å². The number of benzene rings is 2. The first kappa shape index (κ1) is 17.4. The van der Waals surface area contributed by atoms with Gasteiger partial charge in [0.2, 0.25) is 0 Å². The van der Waals surface area contributed by atoms with Crippen molar-refractivity contribution in [1.29, 1.82) is 0 Å². The lowest BCUT2D eigenvalue weighted by Crippen LogP contribution is -2.33. The summed E-state index contributed by atoms with van der Waals surface area (Å²) in [6, 6.07) is 12.8. The van der Waals surface area contributed by atoms with Gasteiger partial charge in [-0.2, -0.15) is 0 Å². The van der Waals surface area contributed by atoms with E-state index in [-0.39, 0.29) is 12.5 Å².